The quantitative estimate of drug-likeness (QED) is 0.589. The molecule has 5 nitrogen and oxygen atoms in total. The van der Waals surface area contributed by atoms with E-state index in [-0.39, 0.29) is 6.10 Å². The van der Waals surface area contributed by atoms with Crippen molar-refractivity contribution in [2.45, 2.75) is 20.0 Å². The highest BCUT2D eigenvalue weighted by molar-refractivity contribution is 5.88. The van der Waals surface area contributed by atoms with Gasteiger partial charge in [-0.3, -0.25) is 0 Å². The van der Waals surface area contributed by atoms with Crippen LogP contribution in [-0.2, 0) is 4.74 Å². The number of aromatic amines is 2. The fraction of sp³-hybridized carbons (Fsp3) is 0.200. The molecule has 5 heteroatoms. The van der Waals surface area contributed by atoms with E-state index < -0.39 is 0 Å². The van der Waals surface area contributed by atoms with Gasteiger partial charge < -0.3 is 14.7 Å². The molecule has 1 unspecified atom stereocenters. The maximum atomic E-state index is 9.08. The van der Waals surface area contributed by atoms with Crippen molar-refractivity contribution >= 4 is 21.9 Å². The minimum absolute atomic E-state index is 0.308. The van der Waals surface area contributed by atoms with Crippen LogP contribution < -0.4 is 0 Å². The summed E-state index contributed by atoms with van der Waals surface area (Å²) >= 11 is 0. The summed E-state index contributed by atoms with van der Waals surface area (Å²) in [5.74, 6) is 0.738. The molecular formula is C20H18N4O. The van der Waals surface area contributed by atoms with Gasteiger partial charge in [-0.15, -0.1) is 0 Å². The van der Waals surface area contributed by atoms with Gasteiger partial charge in [0.15, 0.2) is 0 Å². The summed E-state index contributed by atoms with van der Waals surface area (Å²) in [6.07, 6.45) is 1.64. The van der Waals surface area contributed by atoms with Crippen molar-refractivity contribution in [2.24, 2.45) is 0 Å². The molecule has 0 saturated carbocycles. The Morgan fingerprint density at radius 2 is 2.00 bits per heavy atom. The number of ether oxygens (including phenoxy) is 1. The van der Waals surface area contributed by atoms with Gasteiger partial charge in [0.2, 0.25) is 0 Å². The number of nitriles is 1. The number of rotatable bonds is 3. The zero-order valence-electron chi connectivity index (χ0n) is 14.3. The van der Waals surface area contributed by atoms with E-state index in [2.05, 4.69) is 47.0 Å². The summed E-state index contributed by atoms with van der Waals surface area (Å²) < 4.78 is 5.83. The normalized spacial score (nSPS) is 12.6. The molecule has 0 fully saturated rings. The number of nitrogens with one attached hydrogen (secondary N) is 2. The summed E-state index contributed by atoms with van der Waals surface area (Å²) in [6.45, 7) is 4.19. The molecule has 0 bridgehead atoms. The number of hydrogen-bond donors (Lipinski definition) is 2. The van der Waals surface area contributed by atoms with E-state index in [9.17, 15) is 0 Å². The van der Waals surface area contributed by atoms with Crippen LogP contribution in [0.3, 0.4) is 0 Å². The van der Waals surface area contributed by atoms with Crippen molar-refractivity contribution in [3.63, 3.8) is 0 Å². The van der Waals surface area contributed by atoms with Crippen LogP contribution in [0.25, 0.3) is 21.9 Å². The predicted octanol–water partition coefficient (Wildman–Crippen LogP) is 4.27. The molecule has 1 atom stereocenters. The molecule has 124 valence electrons. The lowest BCUT2D eigenvalue weighted by atomic mass is 9.96. The van der Waals surface area contributed by atoms with Gasteiger partial charge in [-0.1, -0.05) is 6.07 Å². The van der Waals surface area contributed by atoms with Crippen LogP contribution >= 0.6 is 0 Å². The van der Waals surface area contributed by atoms with Gasteiger partial charge in [0.05, 0.1) is 22.7 Å². The van der Waals surface area contributed by atoms with E-state index in [0.717, 1.165) is 38.9 Å². The van der Waals surface area contributed by atoms with Crippen molar-refractivity contribution in [3.8, 4) is 6.07 Å². The fourth-order valence-corrected chi connectivity index (χ4v) is 3.54. The Kier molecular flexibility index (Phi) is 3.56. The number of imidazole rings is 1. The summed E-state index contributed by atoms with van der Waals surface area (Å²) in [5.41, 5.74) is 6.85. The van der Waals surface area contributed by atoms with Crippen molar-refractivity contribution < 1.29 is 4.74 Å². The highest BCUT2D eigenvalue weighted by atomic mass is 16.5. The zero-order valence-corrected chi connectivity index (χ0v) is 14.3. The third-order valence-electron chi connectivity index (χ3n) is 4.67. The van der Waals surface area contributed by atoms with Crippen molar-refractivity contribution in [1.82, 2.24) is 15.0 Å². The Bertz CT molecular complexity index is 1130. The molecule has 4 aromatic rings. The van der Waals surface area contributed by atoms with Gasteiger partial charge in [-0.25, -0.2) is 4.98 Å². The van der Waals surface area contributed by atoms with Crippen LogP contribution in [0.1, 0.15) is 34.2 Å². The first-order valence-corrected chi connectivity index (χ1v) is 8.12. The van der Waals surface area contributed by atoms with Gasteiger partial charge >= 0.3 is 0 Å². The first kappa shape index (κ1) is 15.4. The Morgan fingerprint density at radius 1 is 1.16 bits per heavy atom. The summed E-state index contributed by atoms with van der Waals surface area (Å²) in [6, 6.07) is 11.8. The number of benzene rings is 2. The highest BCUT2D eigenvalue weighted by Gasteiger charge is 2.23. The maximum Gasteiger partial charge on any atom is 0.141 e. The Balaban J connectivity index is 1.92. The van der Waals surface area contributed by atoms with Crippen LogP contribution in [-0.4, -0.2) is 22.1 Å². The molecule has 25 heavy (non-hydrogen) atoms. The van der Waals surface area contributed by atoms with Crippen LogP contribution in [0.15, 0.2) is 36.5 Å². The second-order valence-corrected chi connectivity index (χ2v) is 6.27. The largest absolute Gasteiger partial charge is 0.369 e. The monoisotopic (exact) mass is 330 g/mol. The molecule has 0 aliphatic rings. The fourth-order valence-electron chi connectivity index (χ4n) is 3.54. The smallest absolute Gasteiger partial charge is 0.141 e. The molecule has 0 aliphatic heterocycles. The number of nitrogens with zero attached hydrogens (tertiary/aromatic N) is 2. The van der Waals surface area contributed by atoms with Crippen LogP contribution in [0, 0.1) is 25.2 Å². The second kappa shape index (κ2) is 5.76. The van der Waals surface area contributed by atoms with E-state index in [0.29, 0.717) is 5.56 Å². The average Bonchev–Trinajstić information content (AvgIpc) is 3.24. The van der Waals surface area contributed by atoms with Gasteiger partial charge in [-0.05, 0) is 49.2 Å². The van der Waals surface area contributed by atoms with Gasteiger partial charge in [0.1, 0.15) is 11.9 Å². The zero-order chi connectivity index (χ0) is 17.6. The molecule has 0 spiro atoms. The van der Waals surface area contributed by atoms with Gasteiger partial charge in [-0.2, -0.15) is 5.26 Å². The summed E-state index contributed by atoms with van der Waals surface area (Å²) in [7, 11) is 1.69. The lowest BCUT2D eigenvalue weighted by Crippen LogP contribution is -2.08. The van der Waals surface area contributed by atoms with E-state index in [1.165, 1.54) is 5.56 Å². The van der Waals surface area contributed by atoms with Gasteiger partial charge in [0, 0.05) is 29.8 Å². The van der Waals surface area contributed by atoms with E-state index in [1.54, 1.807) is 19.2 Å². The maximum absolute atomic E-state index is 9.08. The van der Waals surface area contributed by atoms with Crippen LogP contribution in [0.5, 0.6) is 0 Å². The lowest BCUT2D eigenvalue weighted by molar-refractivity contribution is 0.130. The third-order valence-corrected chi connectivity index (χ3v) is 4.67. The van der Waals surface area contributed by atoms with E-state index in [4.69, 9.17) is 10.00 Å². The Morgan fingerprint density at radius 3 is 2.76 bits per heavy atom. The summed E-state index contributed by atoms with van der Waals surface area (Å²) in [5, 5.41) is 10.2. The molecular weight excluding hydrogens is 312 g/mol. The van der Waals surface area contributed by atoms with Gasteiger partial charge in [0.25, 0.3) is 0 Å². The number of H-pyrrole nitrogens is 2. The minimum Gasteiger partial charge on any atom is -0.369 e. The minimum atomic E-state index is -0.308. The predicted molar refractivity (Wildman–Crippen MR) is 97.4 cm³/mol. The average molecular weight is 330 g/mol. The highest BCUT2D eigenvalue weighted by Crippen LogP contribution is 2.34. The number of aryl methyl sites for hydroxylation is 2. The van der Waals surface area contributed by atoms with E-state index in [1.807, 2.05) is 12.3 Å². The molecule has 0 saturated heterocycles. The lowest BCUT2D eigenvalue weighted by Gasteiger charge is -2.18. The van der Waals surface area contributed by atoms with Crippen LogP contribution in [0.4, 0.5) is 0 Å². The standard InChI is InChI=1S/C20H18N4O/c1-11-8-12(2)18-14(6-7-22-18)17(11)19(25-3)20-23-15-5-4-13(10-21)9-16(15)24-20/h4-9,19,22H,1-3H3,(H,23,24). The number of methoxy groups -OCH3 is 1. The molecule has 2 aromatic heterocycles. The van der Waals surface area contributed by atoms with Crippen LogP contribution in [0.2, 0.25) is 0 Å². The number of fused-ring (bicyclic) bond motifs is 2. The number of hydrogen-bond acceptors (Lipinski definition) is 3. The first-order chi connectivity index (χ1) is 12.1. The molecule has 0 radical (unpaired) electrons. The molecule has 4 rings (SSSR count). The summed E-state index contributed by atoms with van der Waals surface area (Å²) in [4.78, 5) is 11.3. The van der Waals surface area contributed by atoms with Crippen molar-refractivity contribution in [3.05, 3.63) is 64.6 Å². The van der Waals surface area contributed by atoms with E-state index >= 15 is 0 Å². The molecule has 2 heterocycles. The Hall–Kier alpha value is -3.10. The SMILES string of the molecule is COC(c1nc2cc(C#N)ccc2[nH]1)c1c(C)cc(C)c2[nH]ccc12. The number of aromatic nitrogens is 3. The topological polar surface area (TPSA) is 77.5 Å². The third kappa shape index (κ3) is 2.39. The molecule has 2 aromatic carbocycles. The van der Waals surface area contributed by atoms with Crippen molar-refractivity contribution in [1.29, 1.82) is 5.26 Å². The second-order valence-electron chi connectivity index (χ2n) is 6.27. The molecule has 0 amide bonds. The Labute approximate surface area is 145 Å². The molecule has 2 N–H and O–H groups in total. The van der Waals surface area contributed by atoms with Crippen molar-refractivity contribution in [2.75, 3.05) is 7.11 Å². The first-order valence-electron chi connectivity index (χ1n) is 8.12. The molecule has 0 aliphatic carbocycles.